The minimum Gasteiger partial charge on any atom is -0.373 e. The van der Waals surface area contributed by atoms with Gasteiger partial charge >= 0.3 is 0 Å². The highest BCUT2D eigenvalue weighted by Gasteiger charge is 2.12. The monoisotopic (exact) mass is 253 g/mol. The predicted octanol–water partition coefficient (Wildman–Crippen LogP) is 2.47. The minimum absolute atomic E-state index is 0.726. The molecule has 19 heavy (non-hydrogen) atoms. The average Bonchev–Trinajstić information content (AvgIpc) is 2.85. The number of hydrogen-bond acceptors (Lipinski definition) is 4. The summed E-state index contributed by atoms with van der Waals surface area (Å²) in [6, 6.07) is 8.09. The molecule has 0 bridgehead atoms. The average molecular weight is 253 g/mol. The SMILES string of the molecule is CNc1nc(C)nc(-n2ncc3ccccc32)c1C. The second-order valence-corrected chi connectivity index (χ2v) is 4.43. The maximum Gasteiger partial charge on any atom is 0.162 e. The van der Waals surface area contributed by atoms with Gasteiger partial charge in [-0.3, -0.25) is 0 Å². The fourth-order valence-corrected chi connectivity index (χ4v) is 2.20. The lowest BCUT2D eigenvalue weighted by Gasteiger charge is -2.11. The first-order valence-corrected chi connectivity index (χ1v) is 6.17. The zero-order chi connectivity index (χ0) is 13.4. The summed E-state index contributed by atoms with van der Waals surface area (Å²) in [5, 5.41) is 8.64. The summed E-state index contributed by atoms with van der Waals surface area (Å²) in [5.41, 5.74) is 2.03. The maximum absolute atomic E-state index is 4.52. The van der Waals surface area contributed by atoms with E-state index in [2.05, 4.69) is 20.4 Å². The quantitative estimate of drug-likeness (QED) is 0.762. The van der Waals surface area contributed by atoms with E-state index >= 15 is 0 Å². The highest BCUT2D eigenvalue weighted by molar-refractivity contribution is 5.80. The number of nitrogens with zero attached hydrogens (tertiary/aromatic N) is 4. The van der Waals surface area contributed by atoms with E-state index in [1.807, 2.05) is 56.0 Å². The van der Waals surface area contributed by atoms with Crippen molar-refractivity contribution >= 4 is 16.7 Å². The van der Waals surface area contributed by atoms with Crippen LogP contribution in [-0.4, -0.2) is 26.8 Å². The zero-order valence-corrected chi connectivity index (χ0v) is 11.2. The molecule has 3 rings (SSSR count). The van der Waals surface area contributed by atoms with Gasteiger partial charge in [-0.05, 0) is 19.9 Å². The van der Waals surface area contributed by atoms with E-state index in [0.717, 1.165) is 33.9 Å². The predicted molar refractivity (Wildman–Crippen MR) is 75.7 cm³/mol. The van der Waals surface area contributed by atoms with Gasteiger partial charge < -0.3 is 5.32 Å². The standard InChI is InChI=1S/C14H15N5/c1-9-13(15-3)17-10(2)18-14(9)19-12-7-5-4-6-11(12)8-16-19/h4-8H,1-3H3,(H,15,17,18). The van der Waals surface area contributed by atoms with Crippen molar-refractivity contribution in [2.75, 3.05) is 12.4 Å². The van der Waals surface area contributed by atoms with E-state index in [-0.39, 0.29) is 0 Å². The fraction of sp³-hybridized carbons (Fsp3) is 0.214. The molecule has 0 fully saturated rings. The highest BCUT2D eigenvalue weighted by atomic mass is 15.3. The third-order valence-corrected chi connectivity index (χ3v) is 3.15. The molecule has 96 valence electrons. The van der Waals surface area contributed by atoms with Crippen LogP contribution in [0.5, 0.6) is 0 Å². The second-order valence-electron chi connectivity index (χ2n) is 4.43. The molecule has 1 N–H and O–H groups in total. The zero-order valence-electron chi connectivity index (χ0n) is 11.2. The molecule has 2 aromatic heterocycles. The molecule has 5 heteroatoms. The smallest absolute Gasteiger partial charge is 0.162 e. The number of para-hydroxylation sites is 1. The summed E-state index contributed by atoms with van der Waals surface area (Å²) >= 11 is 0. The summed E-state index contributed by atoms with van der Waals surface area (Å²) < 4.78 is 1.86. The lowest BCUT2D eigenvalue weighted by atomic mass is 10.2. The van der Waals surface area contributed by atoms with Crippen LogP contribution in [0.15, 0.2) is 30.5 Å². The van der Waals surface area contributed by atoms with Crippen LogP contribution in [0.1, 0.15) is 11.4 Å². The molecule has 0 amide bonds. The molecule has 3 aromatic rings. The molecule has 0 unspecified atom stereocenters. The van der Waals surface area contributed by atoms with Crippen molar-refractivity contribution in [2.45, 2.75) is 13.8 Å². The number of aromatic nitrogens is 4. The summed E-state index contributed by atoms with van der Waals surface area (Å²) in [4.78, 5) is 8.90. The normalized spacial score (nSPS) is 10.9. The van der Waals surface area contributed by atoms with Gasteiger partial charge in [0, 0.05) is 18.0 Å². The lowest BCUT2D eigenvalue weighted by Crippen LogP contribution is -2.08. The van der Waals surface area contributed by atoms with Crippen LogP contribution in [0.25, 0.3) is 16.7 Å². The van der Waals surface area contributed by atoms with Crippen LogP contribution < -0.4 is 5.32 Å². The number of fused-ring (bicyclic) bond motifs is 1. The topological polar surface area (TPSA) is 55.6 Å². The molecule has 5 nitrogen and oxygen atoms in total. The molecule has 0 aliphatic rings. The lowest BCUT2D eigenvalue weighted by molar-refractivity contribution is 0.842. The van der Waals surface area contributed by atoms with Gasteiger partial charge in [0.2, 0.25) is 0 Å². The molecular formula is C14H15N5. The Labute approximate surface area is 111 Å². The Bertz CT molecular complexity index is 745. The van der Waals surface area contributed by atoms with Gasteiger partial charge in [0.25, 0.3) is 0 Å². The van der Waals surface area contributed by atoms with Crippen LogP contribution in [-0.2, 0) is 0 Å². The third kappa shape index (κ3) is 1.83. The largest absolute Gasteiger partial charge is 0.373 e. The van der Waals surface area contributed by atoms with Crippen molar-refractivity contribution in [1.82, 2.24) is 19.7 Å². The molecule has 1 aromatic carbocycles. The van der Waals surface area contributed by atoms with Gasteiger partial charge in [0.05, 0.1) is 11.7 Å². The van der Waals surface area contributed by atoms with Gasteiger partial charge in [-0.1, -0.05) is 18.2 Å². The Balaban J connectivity index is 2.30. The van der Waals surface area contributed by atoms with Gasteiger partial charge in [-0.25, -0.2) is 14.6 Å². The number of aryl methyl sites for hydroxylation is 1. The number of nitrogens with one attached hydrogen (secondary N) is 1. The molecule has 0 atom stereocenters. The van der Waals surface area contributed by atoms with E-state index in [0.29, 0.717) is 0 Å². The summed E-state index contributed by atoms with van der Waals surface area (Å²) in [5.74, 6) is 2.38. The number of benzene rings is 1. The van der Waals surface area contributed by atoms with Crippen molar-refractivity contribution in [3.63, 3.8) is 0 Å². The summed E-state index contributed by atoms with van der Waals surface area (Å²) in [6.45, 7) is 3.88. The molecular weight excluding hydrogens is 238 g/mol. The minimum atomic E-state index is 0.726. The van der Waals surface area contributed by atoms with Gasteiger partial charge in [0.15, 0.2) is 5.82 Å². The van der Waals surface area contributed by atoms with Gasteiger partial charge in [-0.15, -0.1) is 0 Å². The third-order valence-electron chi connectivity index (χ3n) is 3.15. The Morgan fingerprint density at radius 2 is 1.89 bits per heavy atom. The van der Waals surface area contributed by atoms with Crippen LogP contribution in [0.2, 0.25) is 0 Å². The second kappa shape index (κ2) is 4.35. The molecule has 2 heterocycles. The molecule has 0 spiro atoms. The van der Waals surface area contributed by atoms with Gasteiger partial charge in [0.1, 0.15) is 11.6 Å². The van der Waals surface area contributed by atoms with Gasteiger partial charge in [-0.2, -0.15) is 5.10 Å². The van der Waals surface area contributed by atoms with E-state index in [4.69, 9.17) is 0 Å². The number of rotatable bonds is 2. The van der Waals surface area contributed by atoms with Crippen molar-refractivity contribution in [3.05, 3.63) is 41.9 Å². The maximum atomic E-state index is 4.52. The Kier molecular flexibility index (Phi) is 2.67. The Morgan fingerprint density at radius 1 is 1.11 bits per heavy atom. The van der Waals surface area contributed by atoms with Crippen LogP contribution in [0, 0.1) is 13.8 Å². The Morgan fingerprint density at radius 3 is 2.68 bits per heavy atom. The number of hydrogen-bond donors (Lipinski definition) is 1. The summed E-state index contributed by atoms with van der Waals surface area (Å²) in [7, 11) is 1.86. The first kappa shape index (κ1) is 11.6. The van der Waals surface area contributed by atoms with Crippen LogP contribution in [0.4, 0.5) is 5.82 Å². The van der Waals surface area contributed by atoms with Crippen molar-refractivity contribution < 1.29 is 0 Å². The summed E-state index contributed by atoms with van der Waals surface area (Å²) in [6.07, 6.45) is 1.85. The van der Waals surface area contributed by atoms with E-state index in [9.17, 15) is 0 Å². The highest BCUT2D eigenvalue weighted by Crippen LogP contribution is 2.22. The molecule has 0 aliphatic heterocycles. The van der Waals surface area contributed by atoms with Crippen LogP contribution >= 0.6 is 0 Å². The molecule has 0 saturated carbocycles. The fourth-order valence-electron chi connectivity index (χ4n) is 2.20. The van der Waals surface area contributed by atoms with Crippen molar-refractivity contribution in [3.8, 4) is 5.82 Å². The molecule has 0 saturated heterocycles. The van der Waals surface area contributed by atoms with E-state index in [1.54, 1.807) is 0 Å². The number of anilines is 1. The van der Waals surface area contributed by atoms with Crippen molar-refractivity contribution in [2.24, 2.45) is 0 Å². The van der Waals surface area contributed by atoms with Crippen molar-refractivity contribution in [1.29, 1.82) is 0 Å². The van der Waals surface area contributed by atoms with E-state index < -0.39 is 0 Å². The van der Waals surface area contributed by atoms with E-state index in [1.165, 1.54) is 0 Å². The first-order chi connectivity index (χ1) is 9.20. The first-order valence-electron chi connectivity index (χ1n) is 6.17. The molecule has 0 aliphatic carbocycles. The molecule has 0 radical (unpaired) electrons. The Hall–Kier alpha value is -2.43. The van der Waals surface area contributed by atoms with Crippen LogP contribution in [0.3, 0.4) is 0 Å².